The summed E-state index contributed by atoms with van der Waals surface area (Å²) < 4.78 is 5.42. The van der Waals surface area contributed by atoms with Crippen LogP contribution < -0.4 is 11.1 Å². The first-order chi connectivity index (χ1) is 7.79. The van der Waals surface area contributed by atoms with Gasteiger partial charge in [-0.2, -0.15) is 0 Å². The van der Waals surface area contributed by atoms with Crippen molar-refractivity contribution in [3.63, 3.8) is 0 Å². The number of rotatable bonds is 4. The number of nitrogens with one attached hydrogen (secondary N) is 1. The summed E-state index contributed by atoms with van der Waals surface area (Å²) in [5, 5.41) is 3.77. The zero-order chi connectivity index (χ0) is 11.4. The molecule has 0 aliphatic carbocycles. The van der Waals surface area contributed by atoms with Crippen LogP contribution in [0.25, 0.3) is 0 Å². The molecule has 1 unspecified atom stereocenters. The molecule has 4 nitrogen and oxygen atoms in total. The fraction of sp³-hybridized carbons (Fsp3) is 0.636. The Morgan fingerprint density at radius 1 is 1.44 bits per heavy atom. The van der Waals surface area contributed by atoms with Gasteiger partial charge in [0.1, 0.15) is 5.76 Å². The fourth-order valence-electron chi connectivity index (χ4n) is 2.03. The lowest BCUT2D eigenvalue weighted by Crippen LogP contribution is -2.45. The highest BCUT2D eigenvalue weighted by Crippen LogP contribution is 2.22. The molecule has 16 heavy (non-hydrogen) atoms. The van der Waals surface area contributed by atoms with Crippen molar-refractivity contribution in [2.24, 2.45) is 5.73 Å². The van der Waals surface area contributed by atoms with Gasteiger partial charge in [-0.25, -0.2) is 0 Å². The number of furan rings is 1. The second-order valence-electron chi connectivity index (χ2n) is 4.13. The Morgan fingerprint density at radius 2 is 2.19 bits per heavy atom. The van der Waals surface area contributed by atoms with Crippen LogP contribution in [-0.4, -0.2) is 44.2 Å². The third-order valence-corrected chi connectivity index (χ3v) is 3.17. The van der Waals surface area contributed by atoms with Gasteiger partial charge in [-0.1, -0.05) is 0 Å². The zero-order valence-electron chi connectivity index (χ0n) is 9.29. The van der Waals surface area contributed by atoms with E-state index in [2.05, 4.69) is 10.2 Å². The van der Waals surface area contributed by atoms with Gasteiger partial charge in [0.25, 0.3) is 0 Å². The van der Waals surface area contributed by atoms with Crippen molar-refractivity contribution in [3.8, 4) is 0 Å². The van der Waals surface area contributed by atoms with E-state index >= 15 is 0 Å². The molecule has 0 amide bonds. The summed E-state index contributed by atoms with van der Waals surface area (Å²) in [6, 6.07) is 3.69. The Morgan fingerprint density at radius 3 is 2.75 bits per heavy atom. The lowest BCUT2D eigenvalue weighted by atomic mass is 10.1. The molecule has 1 fully saturated rings. The highest BCUT2D eigenvalue weighted by atomic mass is 35.5. The van der Waals surface area contributed by atoms with Crippen molar-refractivity contribution in [1.82, 2.24) is 10.2 Å². The second kappa shape index (κ2) is 5.68. The molecule has 3 N–H and O–H groups in total. The number of piperazine rings is 1. The van der Waals surface area contributed by atoms with Crippen molar-refractivity contribution in [3.05, 3.63) is 23.1 Å². The summed E-state index contributed by atoms with van der Waals surface area (Å²) in [5.41, 5.74) is 5.79. The first-order valence-corrected chi connectivity index (χ1v) is 6.06. The monoisotopic (exact) mass is 243 g/mol. The molecule has 0 aromatic carbocycles. The molecule has 2 heterocycles. The van der Waals surface area contributed by atoms with Crippen LogP contribution >= 0.6 is 11.6 Å². The van der Waals surface area contributed by atoms with Crippen LogP contribution in [0.4, 0.5) is 0 Å². The summed E-state index contributed by atoms with van der Waals surface area (Å²) >= 11 is 5.77. The van der Waals surface area contributed by atoms with E-state index in [1.54, 1.807) is 6.07 Å². The SMILES string of the molecule is NCC(CN1CCNCC1)c1ccc(Cl)o1. The second-order valence-corrected chi connectivity index (χ2v) is 4.50. The average molecular weight is 244 g/mol. The average Bonchev–Trinajstić information content (AvgIpc) is 2.74. The van der Waals surface area contributed by atoms with Gasteiger partial charge < -0.3 is 20.4 Å². The van der Waals surface area contributed by atoms with E-state index in [9.17, 15) is 0 Å². The molecule has 1 aromatic heterocycles. The molecule has 1 saturated heterocycles. The highest BCUT2D eigenvalue weighted by molar-refractivity contribution is 6.28. The third-order valence-electron chi connectivity index (χ3n) is 2.97. The molecular weight excluding hydrogens is 226 g/mol. The lowest BCUT2D eigenvalue weighted by Gasteiger charge is -2.29. The smallest absolute Gasteiger partial charge is 0.193 e. The number of hydrogen-bond acceptors (Lipinski definition) is 4. The zero-order valence-corrected chi connectivity index (χ0v) is 10.0. The summed E-state index contributed by atoms with van der Waals surface area (Å²) in [5.74, 6) is 1.14. The van der Waals surface area contributed by atoms with E-state index in [-0.39, 0.29) is 5.92 Å². The molecule has 0 saturated carbocycles. The van der Waals surface area contributed by atoms with Crippen molar-refractivity contribution in [1.29, 1.82) is 0 Å². The van der Waals surface area contributed by atoms with E-state index in [0.717, 1.165) is 38.5 Å². The van der Waals surface area contributed by atoms with E-state index in [0.29, 0.717) is 11.8 Å². The summed E-state index contributed by atoms with van der Waals surface area (Å²) in [7, 11) is 0. The predicted octanol–water partition coefficient (Wildman–Crippen LogP) is 0.881. The largest absolute Gasteiger partial charge is 0.449 e. The maximum absolute atomic E-state index is 5.79. The molecule has 0 bridgehead atoms. The van der Waals surface area contributed by atoms with E-state index < -0.39 is 0 Å². The first kappa shape index (κ1) is 11.9. The Kier molecular flexibility index (Phi) is 4.23. The van der Waals surface area contributed by atoms with Crippen molar-refractivity contribution in [2.45, 2.75) is 5.92 Å². The van der Waals surface area contributed by atoms with E-state index in [1.165, 1.54) is 0 Å². The van der Waals surface area contributed by atoms with Crippen LogP contribution in [0.3, 0.4) is 0 Å². The predicted molar refractivity (Wildman–Crippen MR) is 64.8 cm³/mol. The fourth-order valence-corrected chi connectivity index (χ4v) is 2.19. The maximum Gasteiger partial charge on any atom is 0.193 e. The summed E-state index contributed by atoms with van der Waals surface area (Å²) in [4.78, 5) is 2.41. The van der Waals surface area contributed by atoms with Crippen LogP contribution in [0.2, 0.25) is 5.22 Å². The van der Waals surface area contributed by atoms with Crippen LogP contribution in [0.1, 0.15) is 11.7 Å². The molecule has 1 atom stereocenters. The minimum atomic E-state index is 0.241. The van der Waals surface area contributed by atoms with Crippen LogP contribution in [0.15, 0.2) is 16.5 Å². The van der Waals surface area contributed by atoms with Crippen LogP contribution in [0.5, 0.6) is 0 Å². The third kappa shape index (κ3) is 2.98. The van der Waals surface area contributed by atoms with Gasteiger partial charge in [0.05, 0.1) is 0 Å². The molecule has 1 aromatic rings. The minimum absolute atomic E-state index is 0.241. The Labute approximate surface area is 101 Å². The molecule has 2 rings (SSSR count). The normalized spacial score (nSPS) is 19.9. The standard InChI is InChI=1S/C11H18ClN3O/c12-11-2-1-10(16-11)9(7-13)8-15-5-3-14-4-6-15/h1-2,9,14H,3-8,13H2. The molecule has 1 aliphatic heterocycles. The van der Waals surface area contributed by atoms with Gasteiger partial charge in [-0.05, 0) is 23.7 Å². The van der Waals surface area contributed by atoms with Crippen molar-refractivity contribution < 1.29 is 4.42 Å². The molecule has 0 spiro atoms. The van der Waals surface area contributed by atoms with Gasteiger partial charge in [-0.3, -0.25) is 0 Å². The first-order valence-electron chi connectivity index (χ1n) is 5.68. The number of halogens is 1. The van der Waals surface area contributed by atoms with Gasteiger partial charge in [0.15, 0.2) is 5.22 Å². The van der Waals surface area contributed by atoms with Gasteiger partial charge in [0, 0.05) is 45.2 Å². The molecule has 5 heteroatoms. The van der Waals surface area contributed by atoms with Crippen LogP contribution in [-0.2, 0) is 0 Å². The van der Waals surface area contributed by atoms with Crippen molar-refractivity contribution in [2.75, 3.05) is 39.3 Å². The molecule has 90 valence electrons. The summed E-state index contributed by atoms with van der Waals surface area (Å²) in [6.07, 6.45) is 0. The van der Waals surface area contributed by atoms with Gasteiger partial charge in [0.2, 0.25) is 0 Å². The molecule has 0 radical (unpaired) electrons. The number of nitrogens with two attached hydrogens (primary N) is 1. The quantitative estimate of drug-likeness (QED) is 0.825. The van der Waals surface area contributed by atoms with Gasteiger partial charge in [-0.15, -0.1) is 0 Å². The van der Waals surface area contributed by atoms with Crippen molar-refractivity contribution >= 4 is 11.6 Å². The summed E-state index contributed by atoms with van der Waals surface area (Å²) in [6.45, 7) is 5.79. The molecule has 1 aliphatic rings. The number of hydrogen-bond donors (Lipinski definition) is 2. The Balaban J connectivity index is 1.94. The minimum Gasteiger partial charge on any atom is -0.449 e. The number of nitrogens with zero attached hydrogens (tertiary/aromatic N) is 1. The van der Waals surface area contributed by atoms with E-state index in [1.807, 2.05) is 6.07 Å². The van der Waals surface area contributed by atoms with Gasteiger partial charge >= 0.3 is 0 Å². The Bertz CT molecular complexity index is 323. The highest BCUT2D eigenvalue weighted by Gasteiger charge is 2.19. The molecular formula is C11H18ClN3O. The maximum atomic E-state index is 5.79. The Hall–Kier alpha value is -0.550. The lowest BCUT2D eigenvalue weighted by molar-refractivity contribution is 0.220. The van der Waals surface area contributed by atoms with Crippen LogP contribution in [0, 0.1) is 0 Å². The topological polar surface area (TPSA) is 54.4 Å². The van der Waals surface area contributed by atoms with E-state index in [4.69, 9.17) is 21.8 Å².